The average molecular weight is 282 g/mol. The third-order valence-corrected chi connectivity index (χ3v) is 3.77. The maximum absolute atomic E-state index is 6.26. The Morgan fingerprint density at radius 1 is 0.952 bits per heavy atom. The van der Waals surface area contributed by atoms with Crippen molar-refractivity contribution in [2.45, 2.75) is 32.4 Å². The maximum Gasteiger partial charge on any atom is 0.0231 e. The Morgan fingerprint density at radius 2 is 1.62 bits per heavy atom. The molecule has 0 bridgehead atoms. The van der Waals surface area contributed by atoms with Crippen molar-refractivity contribution in [3.8, 4) is 0 Å². The third-order valence-electron chi connectivity index (χ3n) is 3.77. The molecule has 1 unspecified atom stereocenters. The number of aryl methyl sites for hydroxylation is 2. The summed E-state index contributed by atoms with van der Waals surface area (Å²) in [4.78, 5) is 2.31. The van der Waals surface area contributed by atoms with Crippen LogP contribution in [0.3, 0.4) is 0 Å². The van der Waals surface area contributed by atoms with Gasteiger partial charge in [0.15, 0.2) is 0 Å². The summed E-state index contributed by atoms with van der Waals surface area (Å²) in [5, 5.41) is 0. The fraction of sp³-hybridized carbons (Fsp3) is 0.368. The van der Waals surface area contributed by atoms with E-state index in [9.17, 15) is 0 Å². The number of benzene rings is 2. The molecule has 0 aliphatic rings. The second-order valence-corrected chi connectivity index (χ2v) is 5.97. The highest BCUT2D eigenvalue weighted by molar-refractivity contribution is 5.21. The van der Waals surface area contributed by atoms with Gasteiger partial charge in [0.2, 0.25) is 0 Å². The van der Waals surface area contributed by atoms with Crippen LogP contribution in [0.15, 0.2) is 54.6 Å². The summed E-state index contributed by atoms with van der Waals surface area (Å²) in [5.74, 6) is 0. The molecule has 0 spiro atoms. The van der Waals surface area contributed by atoms with Crippen molar-refractivity contribution in [2.24, 2.45) is 5.73 Å². The van der Waals surface area contributed by atoms with Gasteiger partial charge in [-0.05, 0) is 37.9 Å². The van der Waals surface area contributed by atoms with Gasteiger partial charge in [-0.1, -0.05) is 60.2 Å². The van der Waals surface area contributed by atoms with E-state index in [2.05, 4.69) is 73.5 Å². The lowest BCUT2D eigenvalue weighted by Gasteiger charge is -2.21. The van der Waals surface area contributed by atoms with Crippen LogP contribution in [0.1, 0.15) is 23.1 Å². The first-order chi connectivity index (χ1) is 10.1. The van der Waals surface area contributed by atoms with Crippen molar-refractivity contribution in [1.82, 2.24) is 4.90 Å². The van der Waals surface area contributed by atoms with Crippen molar-refractivity contribution in [3.05, 3.63) is 71.3 Å². The topological polar surface area (TPSA) is 29.3 Å². The van der Waals surface area contributed by atoms with E-state index in [0.717, 1.165) is 25.9 Å². The average Bonchev–Trinajstić information content (AvgIpc) is 2.48. The second kappa shape index (κ2) is 7.96. The first kappa shape index (κ1) is 15.7. The van der Waals surface area contributed by atoms with Crippen molar-refractivity contribution in [3.63, 3.8) is 0 Å². The van der Waals surface area contributed by atoms with E-state index in [-0.39, 0.29) is 6.04 Å². The van der Waals surface area contributed by atoms with E-state index >= 15 is 0 Å². The summed E-state index contributed by atoms with van der Waals surface area (Å²) >= 11 is 0. The predicted octanol–water partition coefficient (Wildman–Crippen LogP) is 3.39. The fourth-order valence-corrected chi connectivity index (χ4v) is 2.56. The molecule has 0 heterocycles. The molecule has 0 radical (unpaired) electrons. The zero-order valence-corrected chi connectivity index (χ0v) is 13.1. The SMILES string of the molecule is Cc1ccc(CN(C)CC(N)CCc2ccccc2)cc1. The summed E-state index contributed by atoms with van der Waals surface area (Å²) in [5.41, 5.74) is 10.3. The van der Waals surface area contributed by atoms with Crippen molar-refractivity contribution in [2.75, 3.05) is 13.6 Å². The number of rotatable bonds is 7. The van der Waals surface area contributed by atoms with Crippen LogP contribution in [0.25, 0.3) is 0 Å². The molecule has 0 saturated carbocycles. The molecule has 112 valence electrons. The van der Waals surface area contributed by atoms with Crippen LogP contribution in [0.5, 0.6) is 0 Å². The molecule has 2 rings (SSSR count). The van der Waals surface area contributed by atoms with E-state index in [1.165, 1.54) is 16.7 Å². The first-order valence-corrected chi connectivity index (χ1v) is 7.67. The Bertz CT molecular complexity index is 519. The van der Waals surface area contributed by atoms with Gasteiger partial charge in [0.25, 0.3) is 0 Å². The van der Waals surface area contributed by atoms with Gasteiger partial charge in [-0.3, -0.25) is 0 Å². The first-order valence-electron chi connectivity index (χ1n) is 7.67. The molecule has 2 nitrogen and oxygen atoms in total. The molecular weight excluding hydrogens is 256 g/mol. The minimum absolute atomic E-state index is 0.223. The normalized spacial score (nSPS) is 12.6. The molecule has 0 aliphatic carbocycles. The van der Waals surface area contributed by atoms with Gasteiger partial charge in [-0.15, -0.1) is 0 Å². The highest BCUT2D eigenvalue weighted by Gasteiger charge is 2.07. The highest BCUT2D eigenvalue weighted by atomic mass is 15.1. The van der Waals surface area contributed by atoms with Crippen LogP contribution in [-0.4, -0.2) is 24.5 Å². The van der Waals surface area contributed by atoms with Crippen LogP contribution in [-0.2, 0) is 13.0 Å². The van der Waals surface area contributed by atoms with Gasteiger partial charge >= 0.3 is 0 Å². The van der Waals surface area contributed by atoms with Gasteiger partial charge in [-0.2, -0.15) is 0 Å². The largest absolute Gasteiger partial charge is 0.327 e. The molecule has 0 amide bonds. The maximum atomic E-state index is 6.26. The number of nitrogens with two attached hydrogens (primary N) is 1. The van der Waals surface area contributed by atoms with Crippen molar-refractivity contribution in [1.29, 1.82) is 0 Å². The van der Waals surface area contributed by atoms with Crippen LogP contribution in [0, 0.1) is 6.92 Å². The zero-order valence-electron chi connectivity index (χ0n) is 13.1. The summed E-state index contributed by atoms with van der Waals surface area (Å²) in [6.45, 7) is 4.01. The monoisotopic (exact) mass is 282 g/mol. The Hall–Kier alpha value is -1.64. The summed E-state index contributed by atoms with van der Waals surface area (Å²) in [6, 6.07) is 19.5. The van der Waals surface area contributed by atoms with E-state index in [4.69, 9.17) is 5.73 Å². The molecule has 21 heavy (non-hydrogen) atoms. The van der Waals surface area contributed by atoms with Crippen molar-refractivity contribution >= 4 is 0 Å². The Kier molecular flexibility index (Phi) is 5.97. The Balaban J connectivity index is 1.74. The molecule has 2 N–H and O–H groups in total. The molecule has 0 fully saturated rings. The number of hydrogen-bond acceptors (Lipinski definition) is 2. The van der Waals surface area contributed by atoms with Crippen LogP contribution >= 0.6 is 0 Å². The molecule has 2 aromatic rings. The van der Waals surface area contributed by atoms with Crippen LogP contribution in [0.2, 0.25) is 0 Å². The quantitative estimate of drug-likeness (QED) is 0.843. The minimum atomic E-state index is 0.223. The standard InChI is InChI=1S/C19H26N2/c1-16-8-10-18(11-9-16)14-21(2)15-19(20)13-12-17-6-4-3-5-7-17/h3-11,19H,12-15,20H2,1-2H3. The van der Waals surface area contributed by atoms with E-state index in [1.54, 1.807) is 0 Å². The molecule has 2 aromatic carbocycles. The minimum Gasteiger partial charge on any atom is -0.327 e. The lowest BCUT2D eigenvalue weighted by atomic mass is 10.1. The smallest absolute Gasteiger partial charge is 0.0231 e. The summed E-state index contributed by atoms with van der Waals surface area (Å²) < 4.78 is 0. The Morgan fingerprint density at radius 3 is 2.29 bits per heavy atom. The van der Waals surface area contributed by atoms with E-state index in [1.807, 2.05) is 0 Å². The molecular formula is C19H26N2. The van der Waals surface area contributed by atoms with Gasteiger partial charge in [0, 0.05) is 19.1 Å². The van der Waals surface area contributed by atoms with Gasteiger partial charge in [0.05, 0.1) is 0 Å². The zero-order chi connectivity index (χ0) is 15.1. The van der Waals surface area contributed by atoms with Crippen LogP contribution < -0.4 is 5.73 Å². The van der Waals surface area contributed by atoms with Gasteiger partial charge in [0.1, 0.15) is 0 Å². The number of hydrogen-bond donors (Lipinski definition) is 1. The number of likely N-dealkylation sites (N-methyl/N-ethyl adjacent to an activating group) is 1. The fourth-order valence-electron chi connectivity index (χ4n) is 2.56. The number of nitrogens with zero attached hydrogens (tertiary/aromatic N) is 1. The predicted molar refractivity (Wildman–Crippen MR) is 90.3 cm³/mol. The second-order valence-electron chi connectivity index (χ2n) is 5.97. The summed E-state index contributed by atoms with van der Waals surface area (Å²) in [6.07, 6.45) is 2.09. The molecule has 0 aliphatic heterocycles. The van der Waals surface area contributed by atoms with Gasteiger partial charge in [-0.25, -0.2) is 0 Å². The lowest BCUT2D eigenvalue weighted by Crippen LogP contribution is -2.35. The molecule has 1 atom stereocenters. The van der Waals surface area contributed by atoms with Crippen molar-refractivity contribution < 1.29 is 0 Å². The lowest BCUT2D eigenvalue weighted by molar-refractivity contribution is 0.297. The van der Waals surface area contributed by atoms with E-state index in [0.29, 0.717) is 0 Å². The third kappa shape index (κ3) is 5.70. The summed E-state index contributed by atoms with van der Waals surface area (Å²) in [7, 11) is 2.14. The van der Waals surface area contributed by atoms with Crippen LogP contribution in [0.4, 0.5) is 0 Å². The highest BCUT2D eigenvalue weighted by Crippen LogP contribution is 2.08. The molecule has 0 saturated heterocycles. The molecule has 0 aromatic heterocycles. The van der Waals surface area contributed by atoms with Gasteiger partial charge < -0.3 is 10.6 Å². The Labute approximate surface area is 128 Å². The molecule has 2 heteroatoms. The van der Waals surface area contributed by atoms with E-state index < -0.39 is 0 Å².